The number of carbonyl (C=O) groups is 3. The normalized spacial score (nSPS) is 13.0. The maximum absolute atomic E-state index is 12.8. The summed E-state index contributed by atoms with van der Waals surface area (Å²) in [6, 6.07) is 0. The van der Waals surface area contributed by atoms with Crippen LogP contribution in [-0.2, 0) is 28.6 Å². The Hall–Kier alpha value is -4.19. The van der Waals surface area contributed by atoms with E-state index in [1.165, 1.54) is 77.0 Å². The summed E-state index contributed by atoms with van der Waals surface area (Å²) in [5, 5.41) is 0. The molecular weight excluding hydrogens is 889 g/mol. The second-order valence-corrected chi connectivity index (χ2v) is 19.1. The Kier molecular flexibility index (Phi) is 55.9. The van der Waals surface area contributed by atoms with E-state index >= 15 is 0 Å². The molecule has 0 saturated carbocycles. The Bertz CT molecular complexity index is 1520. The SMILES string of the molecule is CC/C=C\C/C=C\C/C=C\C/C=C\C/C=C\C/C=C\CCCCCCCCCCC(=O)OCC(COC(=O)CCCCCCCCCCCC)OC(=O)CCCCCC/C=C\C/C=C\C/C=C\C/C=C\CC. The van der Waals surface area contributed by atoms with Crippen LogP contribution >= 0.6 is 0 Å². The highest BCUT2D eigenvalue weighted by molar-refractivity contribution is 5.71. The smallest absolute Gasteiger partial charge is 0.306 e. The van der Waals surface area contributed by atoms with Crippen LogP contribution in [0.25, 0.3) is 0 Å². The number of ether oxygens (including phenoxy) is 3. The molecule has 1 unspecified atom stereocenters. The van der Waals surface area contributed by atoms with Crippen LogP contribution in [0.15, 0.2) is 122 Å². The molecule has 0 bridgehead atoms. The number of unbranched alkanes of at least 4 members (excludes halogenated alkanes) is 21. The van der Waals surface area contributed by atoms with Gasteiger partial charge in [-0.05, 0) is 109 Å². The van der Waals surface area contributed by atoms with Crippen molar-refractivity contribution in [3.05, 3.63) is 122 Å². The molecule has 0 saturated heterocycles. The lowest BCUT2D eigenvalue weighted by Crippen LogP contribution is -2.30. The summed E-state index contributed by atoms with van der Waals surface area (Å²) in [6.07, 6.45) is 82.0. The van der Waals surface area contributed by atoms with E-state index in [0.717, 1.165) is 141 Å². The van der Waals surface area contributed by atoms with E-state index in [2.05, 4.69) is 142 Å². The van der Waals surface area contributed by atoms with E-state index in [4.69, 9.17) is 14.2 Å². The van der Waals surface area contributed by atoms with Crippen LogP contribution in [0.1, 0.15) is 258 Å². The van der Waals surface area contributed by atoms with Crippen LogP contribution in [0.4, 0.5) is 0 Å². The van der Waals surface area contributed by atoms with E-state index in [9.17, 15) is 14.4 Å². The van der Waals surface area contributed by atoms with Gasteiger partial charge in [-0.25, -0.2) is 0 Å². The third-order valence-corrected chi connectivity index (χ3v) is 12.2. The zero-order chi connectivity index (χ0) is 52.2. The molecule has 6 nitrogen and oxygen atoms in total. The van der Waals surface area contributed by atoms with Gasteiger partial charge in [-0.15, -0.1) is 0 Å². The molecule has 0 aliphatic rings. The Morgan fingerprint density at radius 3 is 0.847 bits per heavy atom. The van der Waals surface area contributed by atoms with Gasteiger partial charge in [-0.2, -0.15) is 0 Å². The molecule has 0 fully saturated rings. The van der Waals surface area contributed by atoms with E-state index < -0.39 is 6.10 Å². The third kappa shape index (κ3) is 56.7. The number of hydrogen-bond donors (Lipinski definition) is 0. The van der Waals surface area contributed by atoms with Gasteiger partial charge in [0, 0.05) is 19.3 Å². The van der Waals surface area contributed by atoms with E-state index in [1.54, 1.807) is 0 Å². The molecule has 0 rings (SSSR count). The quantitative estimate of drug-likeness (QED) is 0.0261. The number of hydrogen-bond acceptors (Lipinski definition) is 6. The molecule has 0 aliphatic carbocycles. The second kappa shape index (κ2) is 59.4. The fourth-order valence-corrected chi connectivity index (χ4v) is 7.85. The first kappa shape index (κ1) is 67.8. The molecule has 0 radical (unpaired) electrons. The minimum Gasteiger partial charge on any atom is -0.462 e. The minimum absolute atomic E-state index is 0.0914. The second-order valence-electron chi connectivity index (χ2n) is 19.1. The number of rotatable bonds is 52. The Balaban J connectivity index is 4.32. The van der Waals surface area contributed by atoms with Gasteiger partial charge < -0.3 is 14.2 Å². The maximum Gasteiger partial charge on any atom is 0.306 e. The predicted octanol–water partition coefficient (Wildman–Crippen LogP) is 20.0. The highest BCUT2D eigenvalue weighted by Gasteiger charge is 2.19. The molecule has 0 heterocycles. The van der Waals surface area contributed by atoms with Crippen molar-refractivity contribution in [2.75, 3.05) is 13.2 Å². The van der Waals surface area contributed by atoms with Crippen molar-refractivity contribution in [3.8, 4) is 0 Å². The highest BCUT2D eigenvalue weighted by Crippen LogP contribution is 2.15. The molecule has 0 amide bonds. The summed E-state index contributed by atoms with van der Waals surface area (Å²) in [5.41, 5.74) is 0. The number of esters is 3. The van der Waals surface area contributed by atoms with Crippen molar-refractivity contribution in [2.24, 2.45) is 0 Å². The Morgan fingerprint density at radius 1 is 0.292 bits per heavy atom. The molecular formula is C66H108O6. The molecule has 0 N–H and O–H groups in total. The molecule has 0 spiro atoms. The van der Waals surface area contributed by atoms with Crippen LogP contribution in [0.2, 0.25) is 0 Å². The van der Waals surface area contributed by atoms with Gasteiger partial charge in [0.25, 0.3) is 0 Å². The monoisotopic (exact) mass is 997 g/mol. The molecule has 0 aromatic carbocycles. The first-order valence-corrected chi connectivity index (χ1v) is 29.5. The van der Waals surface area contributed by atoms with Crippen LogP contribution < -0.4 is 0 Å². The maximum atomic E-state index is 12.8. The summed E-state index contributed by atoms with van der Waals surface area (Å²) in [4.78, 5) is 38.1. The Morgan fingerprint density at radius 2 is 0.542 bits per heavy atom. The van der Waals surface area contributed by atoms with Crippen molar-refractivity contribution >= 4 is 17.9 Å². The molecule has 0 aromatic rings. The topological polar surface area (TPSA) is 78.9 Å². The zero-order valence-electron chi connectivity index (χ0n) is 46.7. The van der Waals surface area contributed by atoms with Gasteiger partial charge in [-0.3, -0.25) is 14.4 Å². The number of allylic oxidation sites excluding steroid dienone is 20. The average Bonchev–Trinajstić information content (AvgIpc) is 3.38. The van der Waals surface area contributed by atoms with Gasteiger partial charge in [0.2, 0.25) is 0 Å². The molecule has 0 aliphatic heterocycles. The summed E-state index contributed by atoms with van der Waals surface area (Å²) >= 11 is 0. The first-order valence-electron chi connectivity index (χ1n) is 29.5. The van der Waals surface area contributed by atoms with Gasteiger partial charge in [-0.1, -0.05) is 251 Å². The predicted molar refractivity (Wildman–Crippen MR) is 311 cm³/mol. The summed E-state index contributed by atoms with van der Waals surface area (Å²) in [5.74, 6) is -0.926. The minimum atomic E-state index is -0.796. The van der Waals surface area contributed by atoms with Crippen LogP contribution in [-0.4, -0.2) is 37.2 Å². The fraction of sp³-hybridized carbons (Fsp3) is 0.652. The standard InChI is InChI=1S/C66H108O6/c1-4-7-10-13-16-19-22-24-26-28-29-30-31-32-33-34-35-36-37-39-40-42-44-47-50-53-56-59-65(68)71-62-63(61-70-64(67)58-55-52-49-46-21-18-15-12-9-6-3)72-66(69)60-57-54-51-48-45-43-41-38-27-25-23-20-17-14-11-8-5-2/h7-8,10-11,16-17,19-20,24-27,29-30,32-33,35-36,41,43,63H,4-6,9,12-15,18,21-23,28,31,34,37-40,42,44-62H2,1-3H3/b10-7-,11-8-,19-16-,20-17-,26-24-,27-25-,30-29-,33-32-,36-35-,43-41-. The molecule has 72 heavy (non-hydrogen) atoms. The van der Waals surface area contributed by atoms with Gasteiger partial charge >= 0.3 is 17.9 Å². The van der Waals surface area contributed by atoms with Crippen LogP contribution in [0, 0.1) is 0 Å². The van der Waals surface area contributed by atoms with Crippen LogP contribution in [0.3, 0.4) is 0 Å². The fourth-order valence-electron chi connectivity index (χ4n) is 7.85. The summed E-state index contributed by atoms with van der Waals surface area (Å²) in [7, 11) is 0. The molecule has 6 heteroatoms. The third-order valence-electron chi connectivity index (χ3n) is 12.2. The van der Waals surface area contributed by atoms with Crippen molar-refractivity contribution in [2.45, 2.75) is 264 Å². The van der Waals surface area contributed by atoms with E-state index in [-0.39, 0.29) is 31.1 Å². The van der Waals surface area contributed by atoms with Crippen molar-refractivity contribution in [1.29, 1.82) is 0 Å². The molecule has 0 aromatic heterocycles. The number of carbonyl (C=O) groups excluding carboxylic acids is 3. The zero-order valence-corrected chi connectivity index (χ0v) is 46.7. The lowest BCUT2D eigenvalue weighted by atomic mass is 10.1. The lowest BCUT2D eigenvalue weighted by Gasteiger charge is -2.18. The van der Waals surface area contributed by atoms with Gasteiger partial charge in [0.1, 0.15) is 13.2 Å². The van der Waals surface area contributed by atoms with E-state index in [0.29, 0.717) is 19.3 Å². The van der Waals surface area contributed by atoms with E-state index in [1.807, 2.05) is 0 Å². The van der Waals surface area contributed by atoms with Crippen molar-refractivity contribution in [1.82, 2.24) is 0 Å². The first-order chi connectivity index (χ1) is 35.5. The van der Waals surface area contributed by atoms with Crippen molar-refractivity contribution < 1.29 is 28.6 Å². The summed E-state index contributed by atoms with van der Waals surface area (Å²) < 4.78 is 16.8. The summed E-state index contributed by atoms with van der Waals surface area (Å²) in [6.45, 7) is 6.37. The van der Waals surface area contributed by atoms with Gasteiger partial charge in [0.15, 0.2) is 6.10 Å². The lowest BCUT2D eigenvalue weighted by molar-refractivity contribution is -0.167. The Labute approximate surface area is 443 Å². The molecule has 1 atom stereocenters. The van der Waals surface area contributed by atoms with Crippen LogP contribution in [0.5, 0.6) is 0 Å². The van der Waals surface area contributed by atoms with Gasteiger partial charge in [0.05, 0.1) is 0 Å². The van der Waals surface area contributed by atoms with Crippen molar-refractivity contribution in [3.63, 3.8) is 0 Å². The largest absolute Gasteiger partial charge is 0.462 e. The highest BCUT2D eigenvalue weighted by atomic mass is 16.6. The molecule has 408 valence electrons. The average molecular weight is 998 g/mol.